The van der Waals surface area contributed by atoms with E-state index in [1.807, 2.05) is 12.4 Å². The Hall–Kier alpha value is -2.69. The Morgan fingerprint density at radius 2 is 1.81 bits per heavy atom. The van der Waals surface area contributed by atoms with E-state index in [9.17, 15) is 0 Å². The SMILES string of the molecule is CCn1c2ccc(-c3cccc(COCCOC)c3)cc2c2ccncc21. The van der Waals surface area contributed by atoms with Crippen molar-refractivity contribution in [2.45, 2.75) is 20.1 Å². The van der Waals surface area contributed by atoms with Crippen LogP contribution in [0.5, 0.6) is 0 Å². The first-order valence-corrected chi connectivity index (χ1v) is 9.33. The molecule has 0 atom stereocenters. The van der Waals surface area contributed by atoms with E-state index in [1.165, 1.54) is 38.5 Å². The molecule has 0 spiro atoms. The summed E-state index contributed by atoms with van der Waals surface area (Å²) in [5, 5.41) is 2.52. The number of nitrogens with zero attached hydrogens (tertiary/aromatic N) is 2. The van der Waals surface area contributed by atoms with Crippen molar-refractivity contribution < 1.29 is 9.47 Å². The van der Waals surface area contributed by atoms with Crippen LogP contribution in [0.4, 0.5) is 0 Å². The number of hydrogen-bond acceptors (Lipinski definition) is 3. The van der Waals surface area contributed by atoms with Crippen molar-refractivity contribution in [3.05, 3.63) is 66.5 Å². The number of aromatic nitrogens is 2. The van der Waals surface area contributed by atoms with Gasteiger partial charge in [-0.1, -0.05) is 24.3 Å². The largest absolute Gasteiger partial charge is 0.382 e. The van der Waals surface area contributed by atoms with Crippen LogP contribution >= 0.6 is 0 Å². The van der Waals surface area contributed by atoms with Gasteiger partial charge in [-0.05, 0) is 47.9 Å². The molecule has 0 aliphatic rings. The lowest BCUT2D eigenvalue weighted by molar-refractivity contribution is 0.0617. The third-order valence-electron chi connectivity index (χ3n) is 4.95. The van der Waals surface area contributed by atoms with E-state index >= 15 is 0 Å². The molecule has 4 nitrogen and oxygen atoms in total. The van der Waals surface area contributed by atoms with Gasteiger partial charge in [0.1, 0.15) is 0 Å². The van der Waals surface area contributed by atoms with Crippen LogP contribution in [-0.4, -0.2) is 29.9 Å². The molecular weight excluding hydrogens is 336 g/mol. The zero-order chi connectivity index (χ0) is 18.6. The Morgan fingerprint density at radius 1 is 0.926 bits per heavy atom. The Balaban J connectivity index is 1.71. The van der Waals surface area contributed by atoms with Gasteiger partial charge < -0.3 is 14.0 Å². The van der Waals surface area contributed by atoms with Crippen LogP contribution in [0.25, 0.3) is 32.9 Å². The van der Waals surface area contributed by atoms with Crippen molar-refractivity contribution in [2.75, 3.05) is 20.3 Å². The molecule has 0 N–H and O–H groups in total. The highest BCUT2D eigenvalue weighted by Crippen LogP contribution is 2.32. The highest BCUT2D eigenvalue weighted by Gasteiger charge is 2.11. The Bertz CT molecular complexity index is 1070. The molecule has 0 saturated carbocycles. The standard InChI is InChI=1S/C23H24N2O2/c1-3-25-22-8-7-19(14-21(22)20-9-10-24-15-23(20)25)18-6-4-5-17(13-18)16-27-12-11-26-2/h4-10,13-15H,3,11-12,16H2,1-2H3. The maximum absolute atomic E-state index is 5.66. The van der Waals surface area contributed by atoms with E-state index < -0.39 is 0 Å². The fourth-order valence-electron chi connectivity index (χ4n) is 3.64. The van der Waals surface area contributed by atoms with Crippen LogP contribution in [0.15, 0.2) is 60.9 Å². The van der Waals surface area contributed by atoms with Crippen molar-refractivity contribution in [1.82, 2.24) is 9.55 Å². The third kappa shape index (κ3) is 3.46. The Morgan fingerprint density at radius 3 is 2.67 bits per heavy atom. The average Bonchev–Trinajstić information content (AvgIpc) is 3.04. The number of ether oxygens (including phenoxy) is 2. The topological polar surface area (TPSA) is 36.3 Å². The van der Waals surface area contributed by atoms with Gasteiger partial charge in [0.15, 0.2) is 0 Å². The molecule has 2 heterocycles. The smallest absolute Gasteiger partial charge is 0.0718 e. The predicted octanol–water partition coefficient (Wildman–Crippen LogP) is 5.04. The highest BCUT2D eigenvalue weighted by molar-refractivity contribution is 6.09. The van der Waals surface area contributed by atoms with Crippen LogP contribution < -0.4 is 0 Å². The average molecular weight is 360 g/mol. The quantitative estimate of drug-likeness (QED) is 0.433. The lowest BCUT2D eigenvalue weighted by Crippen LogP contribution is -2.01. The van der Waals surface area contributed by atoms with Gasteiger partial charge in [-0.3, -0.25) is 4.98 Å². The maximum Gasteiger partial charge on any atom is 0.0718 e. The van der Waals surface area contributed by atoms with E-state index in [0.29, 0.717) is 19.8 Å². The number of benzene rings is 2. The lowest BCUT2D eigenvalue weighted by atomic mass is 10.0. The molecule has 138 valence electrons. The second-order valence-electron chi connectivity index (χ2n) is 6.61. The molecule has 0 amide bonds. The molecule has 0 aliphatic carbocycles. The fraction of sp³-hybridized carbons (Fsp3) is 0.261. The van der Waals surface area contributed by atoms with Crippen LogP contribution in [0.3, 0.4) is 0 Å². The van der Waals surface area contributed by atoms with Crippen LogP contribution in [-0.2, 0) is 22.6 Å². The minimum atomic E-state index is 0.597. The number of methoxy groups -OCH3 is 1. The molecule has 2 aromatic heterocycles. The molecule has 0 unspecified atom stereocenters. The summed E-state index contributed by atoms with van der Waals surface area (Å²) >= 11 is 0. The van der Waals surface area contributed by atoms with Gasteiger partial charge >= 0.3 is 0 Å². The molecule has 4 aromatic rings. The first-order valence-electron chi connectivity index (χ1n) is 9.33. The first kappa shape index (κ1) is 17.7. The predicted molar refractivity (Wildman–Crippen MR) is 110 cm³/mol. The van der Waals surface area contributed by atoms with E-state index in [1.54, 1.807) is 7.11 Å². The number of hydrogen-bond donors (Lipinski definition) is 0. The summed E-state index contributed by atoms with van der Waals surface area (Å²) < 4.78 is 13.0. The summed E-state index contributed by atoms with van der Waals surface area (Å²) in [5.74, 6) is 0. The monoisotopic (exact) mass is 360 g/mol. The van der Waals surface area contributed by atoms with Gasteiger partial charge in [0.05, 0.1) is 31.5 Å². The molecule has 0 saturated heterocycles. The zero-order valence-corrected chi connectivity index (χ0v) is 15.8. The summed E-state index contributed by atoms with van der Waals surface area (Å²) in [5.41, 5.74) is 6.03. The van der Waals surface area contributed by atoms with Crippen LogP contribution in [0.1, 0.15) is 12.5 Å². The maximum atomic E-state index is 5.66. The Labute approximate surface area is 159 Å². The molecule has 0 radical (unpaired) electrons. The van der Waals surface area contributed by atoms with E-state index in [-0.39, 0.29) is 0 Å². The Kier molecular flexibility index (Phi) is 5.19. The normalized spacial score (nSPS) is 11.5. The minimum Gasteiger partial charge on any atom is -0.382 e. The van der Waals surface area contributed by atoms with Gasteiger partial charge in [-0.2, -0.15) is 0 Å². The lowest BCUT2D eigenvalue weighted by Gasteiger charge is -2.08. The molecule has 2 aromatic carbocycles. The summed E-state index contributed by atoms with van der Waals surface area (Å²) in [7, 11) is 1.69. The summed E-state index contributed by atoms with van der Waals surface area (Å²) in [6, 6.07) is 17.4. The summed E-state index contributed by atoms with van der Waals surface area (Å²) in [4.78, 5) is 4.31. The molecular formula is C23H24N2O2. The van der Waals surface area contributed by atoms with Gasteiger partial charge in [-0.15, -0.1) is 0 Å². The number of rotatable bonds is 7. The number of fused-ring (bicyclic) bond motifs is 3. The molecule has 4 heteroatoms. The fourth-order valence-corrected chi connectivity index (χ4v) is 3.64. The molecule has 4 rings (SSSR count). The van der Waals surface area contributed by atoms with E-state index in [2.05, 4.69) is 65.0 Å². The van der Waals surface area contributed by atoms with E-state index in [0.717, 1.165) is 6.54 Å². The molecule has 0 bridgehead atoms. The van der Waals surface area contributed by atoms with Crippen LogP contribution in [0, 0.1) is 0 Å². The molecule has 0 aliphatic heterocycles. The zero-order valence-electron chi connectivity index (χ0n) is 15.8. The summed E-state index contributed by atoms with van der Waals surface area (Å²) in [6.45, 7) is 4.93. The third-order valence-corrected chi connectivity index (χ3v) is 4.95. The minimum absolute atomic E-state index is 0.597. The van der Waals surface area contributed by atoms with Gasteiger partial charge in [0.2, 0.25) is 0 Å². The van der Waals surface area contributed by atoms with Crippen molar-refractivity contribution in [3.63, 3.8) is 0 Å². The number of pyridine rings is 1. The van der Waals surface area contributed by atoms with Crippen molar-refractivity contribution in [3.8, 4) is 11.1 Å². The van der Waals surface area contributed by atoms with Crippen molar-refractivity contribution in [2.24, 2.45) is 0 Å². The van der Waals surface area contributed by atoms with Gasteiger partial charge in [0.25, 0.3) is 0 Å². The second kappa shape index (κ2) is 7.91. The van der Waals surface area contributed by atoms with Crippen LogP contribution in [0.2, 0.25) is 0 Å². The second-order valence-corrected chi connectivity index (χ2v) is 6.61. The summed E-state index contributed by atoms with van der Waals surface area (Å²) in [6.07, 6.45) is 3.82. The van der Waals surface area contributed by atoms with Crippen molar-refractivity contribution >= 4 is 21.8 Å². The molecule has 27 heavy (non-hydrogen) atoms. The highest BCUT2D eigenvalue weighted by atomic mass is 16.5. The van der Waals surface area contributed by atoms with Gasteiger partial charge in [-0.25, -0.2) is 0 Å². The van der Waals surface area contributed by atoms with E-state index in [4.69, 9.17) is 9.47 Å². The molecule has 0 fully saturated rings. The van der Waals surface area contributed by atoms with Gasteiger partial charge in [0, 0.05) is 36.1 Å². The first-order chi connectivity index (χ1) is 13.3. The number of aryl methyl sites for hydroxylation is 1. The van der Waals surface area contributed by atoms with Crippen molar-refractivity contribution in [1.29, 1.82) is 0 Å².